The van der Waals surface area contributed by atoms with E-state index in [1.165, 1.54) is 6.07 Å². The Morgan fingerprint density at radius 3 is 2.54 bits per heavy atom. The number of aromatic nitrogens is 4. The van der Waals surface area contributed by atoms with Gasteiger partial charge in [-0.3, -0.25) is 9.48 Å². The average molecular weight is 539 g/mol. The van der Waals surface area contributed by atoms with Crippen molar-refractivity contribution in [1.29, 1.82) is 5.41 Å². The molecule has 0 unspecified atom stereocenters. The fraction of sp³-hybridized carbons (Fsp3) is 0.240. The first-order valence-electron chi connectivity index (χ1n) is 10.9. The van der Waals surface area contributed by atoms with Gasteiger partial charge in [0.2, 0.25) is 5.82 Å². The Kier molecular flexibility index (Phi) is 6.93. The largest absolute Gasteiger partial charge is 0.302 e. The molecule has 0 saturated carbocycles. The van der Waals surface area contributed by atoms with Crippen molar-refractivity contribution in [3.8, 4) is 0 Å². The molecule has 0 radical (unpaired) electrons. The monoisotopic (exact) mass is 538 g/mol. The van der Waals surface area contributed by atoms with Gasteiger partial charge in [0.1, 0.15) is 11.5 Å². The Bertz CT molecular complexity index is 1370. The fourth-order valence-electron chi connectivity index (χ4n) is 3.42. The molecule has 180 valence electrons. The second-order valence-electron chi connectivity index (χ2n) is 9.13. The summed E-state index contributed by atoms with van der Waals surface area (Å²) in [7, 11) is 0. The highest BCUT2D eigenvalue weighted by atomic mass is 79.9. The van der Waals surface area contributed by atoms with Crippen LogP contribution in [0.15, 0.2) is 63.7 Å². The van der Waals surface area contributed by atoms with Crippen molar-refractivity contribution < 1.29 is 13.8 Å². The lowest BCUT2D eigenvalue weighted by molar-refractivity contribution is 0.101. The average Bonchev–Trinajstić information content (AvgIpc) is 3.44. The molecule has 0 spiro atoms. The second-order valence-corrected chi connectivity index (χ2v) is 9.98. The molecule has 0 atom stereocenters. The van der Waals surface area contributed by atoms with Crippen LogP contribution in [0.4, 0.5) is 10.2 Å². The van der Waals surface area contributed by atoms with Gasteiger partial charge in [-0.25, -0.2) is 9.02 Å². The molecule has 10 heteroatoms. The molecular weight excluding hydrogens is 515 g/mol. The van der Waals surface area contributed by atoms with Crippen LogP contribution in [0.25, 0.3) is 0 Å². The van der Waals surface area contributed by atoms with E-state index in [1.54, 1.807) is 22.9 Å². The van der Waals surface area contributed by atoms with Crippen molar-refractivity contribution in [3.63, 3.8) is 0 Å². The van der Waals surface area contributed by atoms with Crippen LogP contribution in [-0.2, 0) is 18.4 Å². The standard InChI is InChI=1S/C25H24BrFN6O2/c1-25(2,3)21-13-20(33(30-21)14-15-7-5-4-6-8-15)24(34)29-23-22(31-35-32-23)19(28)12-16-9-10-18(27)17(26)11-16/h4-11,13,28H,12,14H2,1-3H3,(H,29,32,34). The number of anilines is 1. The first-order chi connectivity index (χ1) is 16.6. The molecule has 0 saturated heterocycles. The van der Waals surface area contributed by atoms with E-state index in [1.807, 2.05) is 51.1 Å². The zero-order chi connectivity index (χ0) is 25.2. The molecule has 0 aliphatic heterocycles. The summed E-state index contributed by atoms with van der Waals surface area (Å²) in [6, 6.07) is 16.0. The smallest absolute Gasteiger partial charge is 0.275 e. The van der Waals surface area contributed by atoms with E-state index in [0.29, 0.717) is 22.3 Å². The number of hydrogen-bond donors (Lipinski definition) is 2. The van der Waals surface area contributed by atoms with Crippen LogP contribution < -0.4 is 5.32 Å². The number of nitrogens with one attached hydrogen (secondary N) is 2. The Labute approximate surface area is 210 Å². The van der Waals surface area contributed by atoms with Gasteiger partial charge in [0.25, 0.3) is 5.91 Å². The number of carbonyl (C=O) groups is 1. The van der Waals surface area contributed by atoms with Gasteiger partial charge in [-0.2, -0.15) is 5.10 Å². The molecule has 8 nitrogen and oxygen atoms in total. The van der Waals surface area contributed by atoms with Crippen molar-refractivity contribution in [1.82, 2.24) is 20.1 Å². The summed E-state index contributed by atoms with van der Waals surface area (Å²) < 4.78 is 20.3. The van der Waals surface area contributed by atoms with Crippen LogP contribution in [0.1, 0.15) is 53.8 Å². The number of rotatable bonds is 7. The molecule has 4 rings (SSSR count). The summed E-state index contributed by atoms with van der Waals surface area (Å²) in [6.07, 6.45) is 0.149. The molecule has 0 fully saturated rings. The van der Waals surface area contributed by atoms with Crippen LogP contribution in [0.2, 0.25) is 0 Å². The maximum absolute atomic E-state index is 13.5. The Hall–Kier alpha value is -3.66. The van der Waals surface area contributed by atoms with E-state index < -0.39 is 11.7 Å². The summed E-state index contributed by atoms with van der Waals surface area (Å²) in [4.78, 5) is 13.3. The van der Waals surface area contributed by atoms with Gasteiger partial charge in [0, 0.05) is 11.8 Å². The SMILES string of the molecule is CC(C)(C)c1cc(C(=O)Nc2nonc2C(=N)Cc2ccc(F)c(Br)c2)n(Cc2ccccc2)n1. The van der Waals surface area contributed by atoms with Crippen molar-refractivity contribution >= 4 is 33.4 Å². The third kappa shape index (κ3) is 5.71. The topological polar surface area (TPSA) is 110 Å². The van der Waals surface area contributed by atoms with Crippen molar-refractivity contribution in [2.45, 2.75) is 39.2 Å². The molecule has 2 aromatic heterocycles. The maximum Gasteiger partial charge on any atom is 0.275 e. The van der Waals surface area contributed by atoms with E-state index in [9.17, 15) is 9.18 Å². The lowest BCUT2D eigenvalue weighted by Gasteiger charge is -2.14. The molecule has 2 heterocycles. The molecule has 0 bridgehead atoms. The number of halogens is 2. The number of hydrogen-bond acceptors (Lipinski definition) is 6. The lowest BCUT2D eigenvalue weighted by Crippen LogP contribution is -2.20. The van der Waals surface area contributed by atoms with Gasteiger partial charge in [-0.1, -0.05) is 57.2 Å². The van der Waals surface area contributed by atoms with Crippen molar-refractivity contribution in [3.05, 3.63) is 93.1 Å². The van der Waals surface area contributed by atoms with E-state index in [2.05, 4.69) is 36.7 Å². The van der Waals surface area contributed by atoms with Gasteiger partial charge < -0.3 is 10.7 Å². The molecule has 4 aromatic rings. The number of nitrogens with zero attached hydrogens (tertiary/aromatic N) is 4. The number of benzene rings is 2. The van der Waals surface area contributed by atoms with Gasteiger partial charge in [0.15, 0.2) is 5.69 Å². The summed E-state index contributed by atoms with van der Waals surface area (Å²) >= 11 is 3.15. The molecule has 0 aliphatic carbocycles. The van der Waals surface area contributed by atoms with E-state index in [4.69, 9.17) is 10.0 Å². The number of carbonyl (C=O) groups excluding carboxylic acids is 1. The van der Waals surface area contributed by atoms with Gasteiger partial charge >= 0.3 is 0 Å². The van der Waals surface area contributed by atoms with E-state index in [0.717, 1.165) is 11.3 Å². The molecule has 35 heavy (non-hydrogen) atoms. The van der Waals surface area contributed by atoms with E-state index in [-0.39, 0.29) is 29.1 Å². The summed E-state index contributed by atoms with van der Waals surface area (Å²) in [5.74, 6) is -0.803. The minimum absolute atomic E-state index is 0.0333. The summed E-state index contributed by atoms with van der Waals surface area (Å²) in [5.41, 5.74) is 2.72. The van der Waals surface area contributed by atoms with Gasteiger partial charge in [0.05, 0.1) is 22.4 Å². The third-order valence-corrected chi connectivity index (χ3v) is 5.94. The Morgan fingerprint density at radius 1 is 1.11 bits per heavy atom. The molecule has 0 aliphatic rings. The van der Waals surface area contributed by atoms with Crippen LogP contribution >= 0.6 is 15.9 Å². The van der Waals surface area contributed by atoms with Crippen molar-refractivity contribution in [2.24, 2.45) is 0 Å². The van der Waals surface area contributed by atoms with Crippen LogP contribution in [0.3, 0.4) is 0 Å². The lowest BCUT2D eigenvalue weighted by atomic mass is 9.92. The zero-order valence-electron chi connectivity index (χ0n) is 19.5. The molecular formula is C25H24BrFN6O2. The van der Waals surface area contributed by atoms with Crippen molar-refractivity contribution in [2.75, 3.05) is 5.32 Å². The highest BCUT2D eigenvalue weighted by Crippen LogP contribution is 2.24. The second kappa shape index (κ2) is 9.91. The van der Waals surface area contributed by atoms with Gasteiger partial charge in [-0.15, -0.1) is 0 Å². The Morgan fingerprint density at radius 2 is 1.86 bits per heavy atom. The zero-order valence-corrected chi connectivity index (χ0v) is 21.1. The normalized spacial score (nSPS) is 11.5. The minimum atomic E-state index is -0.446. The molecule has 1 amide bonds. The van der Waals surface area contributed by atoms with Gasteiger partial charge in [-0.05, 0) is 55.6 Å². The van der Waals surface area contributed by atoms with Crippen LogP contribution in [0, 0.1) is 11.2 Å². The molecule has 2 aromatic carbocycles. The number of amides is 1. The summed E-state index contributed by atoms with van der Waals surface area (Å²) in [5, 5.41) is 23.4. The predicted octanol–water partition coefficient (Wildman–Crippen LogP) is 5.38. The van der Waals surface area contributed by atoms with Crippen LogP contribution in [-0.4, -0.2) is 31.7 Å². The first kappa shape index (κ1) is 24.5. The fourth-order valence-corrected chi connectivity index (χ4v) is 3.85. The molecule has 2 N–H and O–H groups in total. The highest BCUT2D eigenvalue weighted by molar-refractivity contribution is 9.10. The minimum Gasteiger partial charge on any atom is -0.302 e. The van der Waals surface area contributed by atoms with E-state index >= 15 is 0 Å². The highest BCUT2D eigenvalue weighted by Gasteiger charge is 2.25. The quantitative estimate of drug-likeness (QED) is 0.307. The Balaban J connectivity index is 1.57. The van der Waals surface area contributed by atoms with Crippen LogP contribution in [0.5, 0.6) is 0 Å². The third-order valence-electron chi connectivity index (χ3n) is 5.33. The maximum atomic E-state index is 13.5. The first-order valence-corrected chi connectivity index (χ1v) is 11.7. The predicted molar refractivity (Wildman–Crippen MR) is 133 cm³/mol. The summed E-state index contributed by atoms with van der Waals surface area (Å²) in [6.45, 7) is 6.49.